The number of fused-ring (bicyclic) bond motifs is 2. The smallest absolute Gasteiger partial charge is 0.161 e. The van der Waals surface area contributed by atoms with Crippen LogP contribution in [-0.4, -0.2) is 24.6 Å². The maximum atomic E-state index is 3.46. The average molecular weight is 747 g/mol. The van der Waals surface area contributed by atoms with Crippen LogP contribution < -0.4 is 10.6 Å². The van der Waals surface area contributed by atoms with Crippen molar-refractivity contribution < 1.29 is 21.7 Å². The van der Waals surface area contributed by atoms with E-state index in [4.69, 9.17) is 0 Å². The molecule has 50 heavy (non-hydrogen) atoms. The molecule has 0 aliphatic heterocycles. The zero-order valence-electron chi connectivity index (χ0n) is 32.9. The molecular weight excluding hydrogens is 674 g/mol. The molecule has 0 unspecified atom stereocenters. The Labute approximate surface area is 327 Å². The van der Waals surface area contributed by atoms with E-state index in [0.29, 0.717) is 0 Å². The summed E-state index contributed by atoms with van der Waals surface area (Å²) in [5, 5.41) is 9.06. The number of unbranched alkanes of at least 4 members (excludes halogenated alkanes) is 12. The summed E-state index contributed by atoms with van der Waals surface area (Å²) in [7, 11) is 0.128. The summed E-state index contributed by atoms with van der Waals surface area (Å²) in [6, 6.07) is 27.6. The van der Waals surface area contributed by atoms with Gasteiger partial charge < -0.3 is 0 Å². The van der Waals surface area contributed by atoms with Crippen LogP contribution in [0.25, 0.3) is 21.5 Å². The molecule has 4 aromatic rings. The van der Waals surface area contributed by atoms with Gasteiger partial charge in [0.2, 0.25) is 0 Å². The Hall–Kier alpha value is -1.29. The van der Waals surface area contributed by atoms with Gasteiger partial charge in [-0.1, -0.05) is 158 Å². The maximum absolute atomic E-state index is 3.46. The third-order valence-corrected chi connectivity index (χ3v) is 14.8. The van der Waals surface area contributed by atoms with Crippen molar-refractivity contribution in [1.82, 2.24) is 0 Å². The van der Waals surface area contributed by atoms with Crippen molar-refractivity contribution in [2.45, 2.75) is 137 Å². The largest absolute Gasteiger partial charge is 2.00 e. The summed E-state index contributed by atoms with van der Waals surface area (Å²) in [6.45, 7) is 14.6. The molecule has 274 valence electrons. The molecule has 0 spiro atoms. The van der Waals surface area contributed by atoms with Crippen LogP contribution in [0.2, 0.25) is 0 Å². The number of allylic oxidation sites excluding steroid dienone is 3. The van der Waals surface area contributed by atoms with Crippen molar-refractivity contribution in [1.29, 1.82) is 0 Å². The minimum absolute atomic E-state index is 0. The molecule has 4 aromatic carbocycles. The van der Waals surface area contributed by atoms with Crippen molar-refractivity contribution in [3.8, 4) is 0 Å². The molecule has 0 radical (unpaired) electrons. The zero-order chi connectivity index (χ0) is 35.4. The third kappa shape index (κ3) is 19.5. The molecule has 0 aliphatic rings. The third-order valence-electron chi connectivity index (χ3n) is 9.39. The molecule has 0 nitrogen and oxygen atoms in total. The van der Waals surface area contributed by atoms with E-state index in [2.05, 4.69) is 107 Å². The van der Waals surface area contributed by atoms with Crippen molar-refractivity contribution in [2.75, 3.05) is 24.6 Å². The molecule has 3 heteroatoms. The minimum Gasteiger partial charge on any atom is -0.161 e. The van der Waals surface area contributed by atoms with Crippen molar-refractivity contribution >= 4 is 48.0 Å². The Bertz CT molecular complexity index is 1190. The van der Waals surface area contributed by atoms with Crippen LogP contribution in [0.5, 0.6) is 0 Å². The van der Waals surface area contributed by atoms with Gasteiger partial charge in [0.25, 0.3) is 0 Å². The van der Waals surface area contributed by atoms with Crippen LogP contribution in [0.4, 0.5) is 0 Å². The van der Waals surface area contributed by atoms with E-state index in [-0.39, 0.29) is 37.6 Å². The monoisotopic (exact) mass is 746 g/mol. The van der Waals surface area contributed by atoms with Gasteiger partial charge in [0.1, 0.15) is 0 Å². The van der Waals surface area contributed by atoms with Gasteiger partial charge in [-0.25, -0.2) is 0 Å². The Morgan fingerprint density at radius 3 is 1.12 bits per heavy atom. The van der Waals surface area contributed by atoms with Crippen LogP contribution in [-0.2, 0) is 21.7 Å². The van der Waals surface area contributed by atoms with Crippen molar-refractivity contribution in [3.63, 3.8) is 0 Å². The van der Waals surface area contributed by atoms with E-state index in [0.717, 1.165) is 0 Å². The van der Waals surface area contributed by atoms with Gasteiger partial charge in [-0.05, 0) is 57.3 Å². The van der Waals surface area contributed by atoms with Crippen molar-refractivity contribution in [2.24, 2.45) is 0 Å². The second-order valence-corrected chi connectivity index (χ2v) is 18.6. The van der Waals surface area contributed by atoms with Gasteiger partial charge in [0.15, 0.2) is 0 Å². The fourth-order valence-corrected chi connectivity index (χ4v) is 11.6. The second-order valence-electron chi connectivity index (χ2n) is 13.7. The molecule has 0 atom stereocenters. The summed E-state index contributed by atoms with van der Waals surface area (Å²) in [5.74, 6) is 0. The quantitative estimate of drug-likeness (QED) is 0.0233. The van der Waals surface area contributed by atoms with Crippen LogP contribution in [0, 0.1) is 0 Å². The van der Waals surface area contributed by atoms with Gasteiger partial charge in [0, 0.05) is 0 Å². The average Bonchev–Trinajstić information content (AvgIpc) is 3.76. The number of hydrogen-bond acceptors (Lipinski definition) is 0. The normalized spacial score (nSPS) is 11.1. The SMILES string of the molecule is C=CC=CC.CCCCCCP(CCCCCC)c1cc2ccccc2[cH-]1.CCCCCCP(CCCCCC)c1cc2ccccc2[cH-]1.[Ti+2]. The molecule has 4 rings (SSSR count). The summed E-state index contributed by atoms with van der Waals surface area (Å²) in [4.78, 5) is 0. The fraction of sp³-hybridized carbons (Fsp3) is 0.532. The molecule has 0 fully saturated rings. The Kier molecular flexibility index (Phi) is 29.2. The first-order valence-electron chi connectivity index (χ1n) is 20.2. The van der Waals surface area contributed by atoms with Crippen LogP contribution in [0.3, 0.4) is 0 Å². The predicted octanol–water partition coefficient (Wildman–Crippen LogP) is 15.4. The molecule has 0 heterocycles. The topological polar surface area (TPSA) is 0 Å². The molecule has 0 aliphatic carbocycles. The molecule has 0 amide bonds. The maximum Gasteiger partial charge on any atom is 2.00 e. The zero-order valence-corrected chi connectivity index (χ0v) is 36.3. The van der Waals surface area contributed by atoms with E-state index in [1.807, 2.05) is 19.1 Å². The van der Waals surface area contributed by atoms with Gasteiger partial charge in [-0.15, -0.1) is 80.7 Å². The Morgan fingerprint density at radius 1 is 0.520 bits per heavy atom. The molecule has 0 bridgehead atoms. The van der Waals surface area contributed by atoms with E-state index in [1.165, 1.54) is 149 Å². The first-order valence-corrected chi connectivity index (χ1v) is 23.6. The summed E-state index contributed by atoms with van der Waals surface area (Å²) in [5.41, 5.74) is 0. The van der Waals surface area contributed by atoms with E-state index < -0.39 is 0 Å². The van der Waals surface area contributed by atoms with Gasteiger partial charge in [-0.2, -0.15) is 12.1 Å². The fourth-order valence-electron chi connectivity index (χ4n) is 6.43. The van der Waals surface area contributed by atoms with Crippen molar-refractivity contribution in [3.05, 3.63) is 97.6 Å². The number of hydrogen-bond donors (Lipinski definition) is 0. The second kappa shape index (κ2) is 31.3. The molecule has 0 N–H and O–H groups in total. The molecule has 0 saturated carbocycles. The summed E-state index contributed by atoms with van der Waals surface area (Å²) >= 11 is 0. The van der Waals surface area contributed by atoms with Crippen LogP contribution in [0.1, 0.15) is 137 Å². The summed E-state index contributed by atoms with van der Waals surface area (Å²) < 4.78 is 0. The minimum atomic E-state index is 0. The first-order chi connectivity index (χ1) is 24.1. The molecule has 0 saturated heterocycles. The Morgan fingerprint density at radius 2 is 0.860 bits per heavy atom. The van der Waals surface area contributed by atoms with Gasteiger partial charge in [0.05, 0.1) is 0 Å². The van der Waals surface area contributed by atoms with Crippen LogP contribution >= 0.6 is 15.8 Å². The number of rotatable bonds is 23. The van der Waals surface area contributed by atoms with Crippen LogP contribution in [0.15, 0.2) is 97.6 Å². The molecular formula is C47H72P2Ti. The van der Waals surface area contributed by atoms with E-state index in [9.17, 15) is 0 Å². The Balaban J connectivity index is 0.000000433. The van der Waals surface area contributed by atoms with E-state index >= 15 is 0 Å². The standard InChI is InChI=1S/2C21H32P.C5H8.Ti/c2*1-3-5-7-11-15-22(16-12-8-6-4-2)21-17-19-13-9-10-14-20(19)18-21;1-3-5-4-2;/h2*9-10,13-14,17-18H,3-8,11-12,15-16H2,1-2H3;3-5H,1H2,2H3;/q2*-1;;+2. The summed E-state index contributed by atoms with van der Waals surface area (Å²) in [6.07, 6.45) is 33.7. The van der Waals surface area contributed by atoms with E-state index in [1.54, 1.807) is 16.7 Å². The van der Waals surface area contributed by atoms with Gasteiger partial charge >= 0.3 is 21.7 Å². The number of benzene rings is 2. The van der Waals surface area contributed by atoms with Gasteiger partial charge in [-0.3, -0.25) is 0 Å². The first kappa shape index (κ1) is 46.7. The predicted molar refractivity (Wildman–Crippen MR) is 233 cm³/mol. The molecule has 0 aromatic heterocycles.